The Labute approximate surface area is 94.6 Å². The number of hydrogen-bond donors (Lipinski definition) is 0. The maximum atomic E-state index is 2.59. The van der Waals surface area contributed by atoms with Gasteiger partial charge in [0, 0.05) is 5.92 Å². The van der Waals surface area contributed by atoms with Crippen LogP contribution in [0.5, 0.6) is 0 Å². The van der Waals surface area contributed by atoms with Crippen LogP contribution < -0.4 is 0 Å². The van der Waals surface area contributed by atoms with Crippen LogP contribution in [-0.2, 0) is 6.16 Å². The highest BCUT2D eigenvalue weighted by Gasteiger charge is 2.21. The van der Waals surface area contributed by atoms with E-state index in [9.17, 15) is 0 Å². The van der Waals surface area contributed by atoms with Gasteiger partial charge in [-0.05, 0) is 12.0 Å². The van der Waals surface area contributed by atoms with Crippen LogP contribution in [0.15, 0.2) is 30.3 Å². The van der Waals surface area contributed by atoms with Gasteiger partial charge in [-0.3, -0.25) is 0 Å². The third-order valence-electron chi connectivity index (χ3n) is 2.57. The maximum Gasteiger partial charge on any atom is 0.131 e. The first kappa shape index (κ1) is 11.8. The molecular weight excluding hydrogens is 207 g/mol. The molecule has 1 aliphatic heterocycles. The lowest BCUT2D eigenvalue weighted by Crippen LogP contribution is -1.85. The van der Waals surface area contributed by atoms with Crippen LogP contribution in [0, 0.1) is 5.92 Å². The van der Waals surface area contributed by atoms with Crippen molar-refractivity contribution in [3.8, 4) is 0 Å². The van der Waals surface area contributed by atoms with Crippen molar-refractivity contribution in [3.05, 3.63) is 35.9 Å². The summed E-state index contributed by atoms with van der Waals surface area (Å²) in [4.78, 5) is 0. The fraction of sp³-hybridized carbons (Fsp3) is 0.417. The van der Waals surface area contributed by atoms with Crippen LogP contribution in [0.3, 0.4) is 0 Å². The lowest BCUT2D eigenvalue weighted by atomic mass is 10.2. The maximum absolute atomic E-state index is 2.59. The molecule has 2 rings (SSSR count). The molecule has 76 valence electrons. The monoisotopic (exact) mass is 225 g/mol. The zero-order valence-electron chi connectivity index (χ0n) is 8.61. The quantitative estimate of drug-likeness (QED) is 0.674. The third-order valence-corrected chi connectivity index (χ3v) is 5.10. The van der Waals surface area contributed by atoms with Crippen molar-refractivity contribution in [1.82, 2.24) is 0 Å². The second kappa shape index (κ2) is 5.58. The molecule has 0 saturated carbocycles. The van der Waals surface area contributed by atoms with E-state index in [1.54, 1.807) is 0 Å². The van der Waals surface area contributed by atoms with Crippen molar-refractivity contribution < 1.29 is 0 Å². The first-order valence-corrected chi connectivity index (χ1v) is 6.76. The van der Waals surface area contributed by atoms with Crippen molar-refractivity contribution in [2.24, 2.45) is 5.92 Å². The van der Waals surface area contributed by atoms with Gasteiger partial charge < -0.3 is 0 Å². The second-order valence-electron chi connectivity index (χ2n) is 3.87. The smallest absolute Gasteiger partial charge is 0.131 e. The van der Waals surface area contributed by atoms with Gasteiger partial charge in [0.15, 0.2) is 0 Å². The summed E-state index contributed by atoms with van der Waals surface area (Å²) in [7, 11) is 0.214. The minimum absolute atomic E-state index is 0. The fourth-order valence-corrected chi connectivity index (χ4v) is 4.53. The first-order chi connectivity index (χ1) is 6.34. The van der Waals surface area contributed by atoms with Crippen molar-refractivity contribution in [3.63, 3.8) is 0 Å². The van der Waals surface area contributed by atoms with E-state index in [0.29, 0.717) is 0 Å². The van der Waals surface area contributed by atoms with Crippen molar-refractivity contribution in [2.75, 3.05) is 6.16 Å². The molecule has 0 bridgehead atoms. The van der Waals surface area contributed by atoms with Crippen LogP contribution in [-0.4, -0.2) is 12.0 Å². The molecule has 1 aromatic carbocycles. The largest absolute Gasteiger partial charge is 0.197 e. The Morgan fingerprint density at radius 1 is 1.29 bits per heavy atom. The molecule has 0 fully saturated rings. The summed E-state index contributed by atoms with van der Waals surface area (Å²) >= 11 is 0. The van der Waals surface area contributed by atoms with Crippen LogP contribution in [0.4, 0.5) is 0 Å². The molecule has 0 amide bonds. The lowest BCUT2D eigenvalue weighted by molar-refractivity contribution is 0.781. The predicted molar refractivity (Wildman–Crippen MR) is 72.2 cm³/mol. The van der Waals surface area contributed by atoms with Crippen LogP contribution in [0.2, 0.25) is 0 Å². The van der Waals surface area contributed by atoms with E-state index in [1.165, 1.54) is 24.3 Å². The molecule has 0 N–H and O–H groups in total. The highest BCUT2D eigenvalue weighted by atomic mass is 32.1. The minimum atomic E-state index is 0. The van der Waals surface area contributed by atoms with Gasteiger partial charge in [-0.25, -0.2) is 0 Å². The number of benzene rings is 1. The minimum Gasteiger partial charge on any atom is -0.197 e. The molecule has 0 spiro atoms. The van der Waals surface area contributed by atoms with Crippen molar-refractivity contribution in [1.29, 1.82) is 0 Å². The Morgan fingerprint density at radius 3 is 2.57 bits per heavy atom. The standard InChI is InChI=1S/C12H16P.H2S/c1-11-7-8-13(9-11)10-12-5-3-2-4-6-12;/h2-6,9,11H,7-8,10H2,1H3;1H2/q+1;. The van der Waals surface area contributed by atoms with E-state index in [-0.39, 0.29) is 21.0 Å². The van der Waals surface area contributed by atoms with Crippen LogP contribution in [0.25, 0.3) is 0 Å². The molecule has 14 heavy (non-hydrogen) atoms. The molecule has 1 aromatic rings. The van der Waals surface area contributed by atoms with E-state index in [2.05, 4.69) is 43.1 Å². The van der Waals surface area contributed by atoms with E-state index in [4.69, 9.17) is 0 Å². The summed E-state index contributed by atoms with van der Waals surface area (Å²) < 4.78 is 0. The molecular formula is C12H18PS+. The Hall–Kier alpha value is -0.260. The molecule has 0 aromatic heterocycles. The van der Waals surface area contributed by atoms with Gasteiger partial charge in [0.1, 0.15) is 12.3 Å². The molecule has 2 heteroatoms. The molecule has 2 atom stereocenters. The van der Waals surface area contributed by atoms with Gasteiger partial charge >= 0.3 is 0 Å². The zero-order chi connectivity index (χ0) is 9.10. The molecule has 2 unspecified atom stereocenters. The Bertz CT molecular complexity index is 305. The third kappa shape index (κ3) is 3.15. The Kier molecular flexibility index (Phi) is 4.71. The van der Waals surface area contributed by atoms with E-state index >= 15 is 0 Å². The highest BCUT2D eigenvalue weighted by Crippen LogP contribution is 2.36. The fourth-order valence-electron chi connectivity index (χ4n) is 1.83. The average Bonchev–Trinajstić information content (AvgIpc) is 2.53. The number of hydrogen-bond acceptors (Lipinski definition) is 0. The van der Waals surface area contributed by atoms with E-state index < -0.39 is 0 Å². The Balaban J connectivity index is 0.000000980. The molecule has 0 aliphatic carbocycles. The second-order valence-corrected chi connectivity index (χ2v) is 6.11. The van der Waals surface area contributed by atoms with Gasteiger partial charge in [0.25, 0.3) is 0 Å². The summed E-state index contributed by atoms with van der Waals surface area (Å²) in [5.41, 5.74) is 1.51. The summed E-state index contributed by atoms with van der Waals surface area (Å²) in [6.45, 7) is 2.34. The van der Waals surface area contributed by atoms with Crippen LogP contribution >= 0.6 is 21.0 Å². The SMILES string of the molecule is CC1C=[P+](Cc2ccccc2)CC1.S. The zero-order valence-corrected chi connectivity index (χ0v) is 10.5. The van der Waals surface area contributed by atoms with Crippen molar-refractivity contribution in [2.45, 2.75) is 19.5 Å². The first-order valence-electron chi connectivity index (χ1n) is 4.97. The molecule has 0 radical (unpaired) electrons. The molecule has 0 nitrogen and oxygen atoms in total. The topological polar surface area (TPSA) is 0 Å². The van der Waals surface area contributed by atoms with E-state index in [1.807, 2.05) is 0 Å². The average molecular weight is 225 g/mol. The van der Waals surface area contributed by atoms with E-state index in [0.717, 1.165) is 5.92 Å². The van der Waals surface area contributed by atoms with Gasteiger partial charge in [-0.2, -0.15) is 13.5 Å². The van der Waals surface area contributed by atoms with Crippen LogP contribution in [0.1, 0.15) is 18.9 Å². The number of rotatable bonds is 2. The van der Waals surface area contributed by atoms with Gasteiger partial charge in [0.05, 0.1) is 13.3 Å². The predicted octanol–water partition coefficient (Wildman–Crippen LogP) is 3.62. The van der Waals surface area contributed by atoms with Gasteiger partial charge in [-0.15, -0.1) is 0 Å². The van der Waals surface area contributed by atoms with Gasteiger partial charge in [0.2, 0.25) is 0 Å². The lowest BCUT2D eigenvalue weighted by Gasteiger charge is -1.92. The van der Waals surface area contributed by atoms with Crippen molar-refractivity contribution >= 4 is 26.8 Å². The summed E-state index contributed by atoms with van der Waals surface area (Å²) in [6, 6.07) is 10.9. The molecule has 1 heterocycles. The van der Waals surface area contributed by atoms with Gasteiger partial charge in [-0.1, -0.05) is 37.3 Å². The Morgan fingerprint density at radius 2 is 2.00 bits per heavy atom. The summed E-state index contributed by atoms with van der Waals surface area (Å²) in [6.07, 6.45) is 4.17. The summed E-state index contributed by atoms with van der Waals surface area (Å²) in [5, 5.41) is 0. The molecule has 0 saturated heterocycles. The molecule has 1 aliphatic rings. The highest BCUT2D eigenvalue weighted by molar-refractivity contribution is 7.59. The normalized spacial score (nSPS) is 22.6. The summed E-state index contributed by atoms with van der Waals surface area (Å²) in [5.74, 6) is 3.46.